The highest BCUT2D eigenvalue weighted by Crippen LogP contribution is 2.35. The van der Waals surface area contributed by atoms with Crippen molar-refractivity contribution in [2.75, 3.05) is 7.11 Å². The molecule has 0 spiro atoms. The van der Waals surface area contributed by atoms with Gasteiger partial charge in [-0.25, -0.2) is 0 Å². The van der Waals surface area contributed by atoms with Gasteiger partial charge in [0.15, 0.2) is 11.5 Å². The van der Waals surface area contributed by atoms with Crippen LogP contribution in [0.4, 0.5) is 0 Å². The summed E-state index contributed by atoms with van der Waals surface area (Å²) in [6.45, 7) is 1.29. The lowest BCUT2D eigenvalue weighted by Crippen LogP contribution is -2.03. The third-order valence-electron chi connectivity index (χ3n) is 1.46. The summed E-state index contributed by atoms with van der Waals surface area (Å²) in [6, 6.07) is 2.92. The van der Waals surface area contributed by atoms with Gasteiger partial charge in [0.25, 0.3) is 0 Å². The Labute approximate surface area is 91.5 Å². The first kappa shape index (κ1) is 11.1. The summed E-state index contributed by atoms with van der Waals surface area (Å²) in [5.74, 6) is 0.186. The molecule has 14 heavy (non-hydrogen) atoms. The van der Waals surface area contributed by atoms with Gasteiger partial charge < -0.3 is 9.47 Å². The van der Waals surface area contributed by atoms with E-state index in [1.54, 1.807) is 0 Å². The Bertz CT molecular complexity index is 363. The Morgan fingerprint density at radius 1 is 1.21 bits per heavy atom. The van der Waals surface area contributed by atoms with Crippen LogP contribution in [0.5, 0.6) is 11.5 Å². The van der Waals surface area contributed by atoms with Crippen LogP contribution in [0.25, 0.3) is 0 Å². The largest absolute Gasteiger partial charge is 0.493 e. The van der Waals surface area contributed by atoms with Crippen molar-refractivity contribution in [2.45, 2.75) is 6.92 Å². The second kappa shape index (κ2) is 4.53. The second-order valence-electron chi connectivity index (χ2n) is 2.51. The molecular weight excluding hydrogens is 227 g/mol. The fourth-order valence-electron chi connectivity index (χ4n) is 0.904. The Morgan fingerprint density at radius 2 is 1.71 bits per heavy atom. The van der Waals surface area contributed by atoms with E-state index in [2.05, 4.69) is 0 Å². The number of esters is 1. The number of methoxy groups -OCH3 is 1. The number of halogens is 2. The summed E-state index contributed by atoms with van der Waals surface area (Å²) < 4.78 is 9.83. The number of hydrogen-bond acceptors (Lipinski definition) is 3. The molecule has 0 unspecified atom stereocenters. The molecule has 3 nitrogen and oxygen atoms in total. The maximum Gasteiger partial charge on any atom is 0.308 e. The minimum atomic E-state index is -0.443. The smallest absolute Gasteiger partial charge is 0.308 e. The van der Waals surface area contributed by atoms with Crippen molar-refractivity contribution in [1.29, 1.82) is 0 Å². The average Bonchev–Trinajstić information content (AvgIpc) is 2.10. The summed E-state index contributed by atoms with van der Waals surface area (Å²) >= 11 is 11.5. The Balaban J connectivity index is 3.13. The van der Waals surface area contributed by atoms with E-state index in [1.807, 2.05) is 0 Å². The number of carbonyl (C=O) groups is 1. The lowest BCUT2D eigenvalue weighted by atomic mass is 10.3. The quantitative estimate of drug-likeness (QED) is 0.584. The molecule has 0 radical (unpaired) electrons. The molecule has 1 aromatic carbocycles. The second-order valence-corrected chi connectivity index (χ2v) is 3.33. The minimum absolute atomic E-state index is 0.259. The van der Waals surface area contributed by atoms with E-state index in [-0.39, 0.29) is 5.75 Å². The van der Waals surface area contributed by atoms with E-state index in [9.17, 15) is 4.79 Å². The molecule has 1 rings (SSSR count). The number of carbonyl (C=O) groups excluding carboxylic acids is 1. The third-order valence-corrected chi connectivity index (χ3v) is 2.18. The molecule has 0 aliphatic rings. The van der Waals surface area contributed by atoms with Crippen LogP contribution in [0.3, 0.4) is 0 Å². The van der Waals surface area contributed by atoms with Crippen LogP contribution in [0.1, 0.15) is 6.92 Å². The first-order valence-corrected chi connectivity index (χ1v) is 4.51. The molecular formula is C9H8Cl2O3. The SMILES string of the molecule is COc1cc(Cl)c(Cl)cc1OC(C)=O. The van der Waals surface area contributed by atoms with Gasteiger partial charge in [-0.1, -0.05) is 23.2 Å². The van der Waals surface area contributed by atoms with E-state index >= 15 is 0 Å². The van der Waals surface area contributed by atoms with Crippen LogP contribution in [-0.2, 0) is 4.79 Å². The molecule has 0 atom stereocenters. The van der Waals surface area contributed by atoms with Crippen molar-refractivity contribution in [3.05, 3.63) is 22.2 Å². The predicted molar refractivity (Wildman–Crippen MR) is 54.3 cm³/mol. The standard InChI is InChI=1S/C9H8Cl2O3/c1-5(12)14-9-4-7(11)6(10)3-8(9)13-2/h3-4H,1-2H3. The van der Waals surface area contributed by atoms with Crippen molar-refractivity contribution in [1.82, 2.24) is 0 Å². The van der Waals surface area contributed by atoms with Gasteiger partial charge in [-0.3, -0.25) is 4.79 Å². The summed E-state index contributed by atoms with van der Waals surface area (Å²) in [4.78, 5) is 10.7. The molecule has 0 aromatic heterocycles. The summed E-state index contributed by atoms with van der Waals surface area (Å²) in [7, 11) is 1.45. The summed E-state index contributed by atoms with van der Waals surface area (Å²) in [6.07, 6.45) is 0. The Hall–Kier alpha value is -0.930. The van der Waals surface area contributed by atoms with Gasteiger partial charge in [0.05, 0.1) is 17.2 Å². The van der Waals surface area contributed by atoms with Crippen LogP contribution in [0.15, 0.2) is 12.1 Å². The molecule has 0 fully saturated rings. The van der Waals surface area contributed by atoms with Crippen LogP contribution in [-0.4, -0.2) is 13.1 Å². The first-order chi connectivity index (χ1) is 6.54. The molecule has 76 valence electrons. The Morgan fingerprint density at radius 3 is 2.14 bits per heavy atom. The lowest BCUT2D eigenvalue weighted by Gasteiger charge is -2.08. The minimum Gasteiger partial charge on any atom is -0.493 e. The van der Waals surface area contributed by atoms with E-state index < -0.39 is 5.97 Å². The van der Waals surface area contributed by atoms with Gasteiger partial charge >= 0.3 is 5.97 Å². The highest BCUT2D eigenvalue weighted by atomic mass is 35.5. The molecule has 5 heteroatoms. The number of hydrogen-bond donors (Lipinski definition) is 0. The normalized spacial score (nSPS) is 9.71. The van der Waals surface area contributed by atoms with Gasteiger partial charge in [0, 0.05) is 19.1 Å². The van der Waals surface area contributed by atoms with Crippen LogP contribution in [0, 0.1) is 0 Å². The van der Waals surface area contributed by atoms with E-state index in [0.717, 1.165) is 0 Å². The lowest BCUT2D eigenvalue weighted by molar-refractivity contribution is -0.132. The number of rotatable bonds is 2. The molecule has 0 bridgehead atoms. The fraction of sp³-hybridized carbons (Fsp3) is 0.222. The molecule has 0 saturated heterocycles. The van der Waals surface area contributed by atoms with E-state index in [4.69, 9.17) is 32.7 Å². The molecule has 1 aromatic rings. The highest BCUT2D eigenvalue weighted by molar-refractivity contribution is 6.42. The maximum atomic E-state index is 10.7. The van der Waals surface area contributed by atoms with Gasteiger partial charge in [0.1, 0.15) is 0 Å². The molecule has 0 heterocycles. The van der Waals surface area contributed by atoms with Gasteiger partial charge in [-0.2, -0.15) is 0 Å². The molecule has 0 aliphatic carbocycles. The molecule has 0 amide bonds. The summed E-state index contributed by atoms with van der Waals surface area (Å²) in [5.41, 5.74) is 0. The summed E-state index contributed by atoms with van der Waals surface area (Å²) in [5, 5.41) is 0.656. The van der Waals surface area contributed by atoms with Crippen LogP contribution in [0.2, 0.25) is 10.0 Å². The van der Waals surface area contributed by atoms with Crippen LogP contribution < -0.4 is 9.47 Å². The third kappa shape index (κ3) is 2.53. The number of benzene rings is 1. The molecule has 0 saturated carbocycles. The van der Waals surface area contributed by atoms with Crippen molar-refractivity contribution >= 4 is 29.2 Å². The van der Waals surface area contributed by atoms with Gasteiger partial charge in [0.2, 0.25) is 0 Å². The van der Waals surface area contributed by atoms with Gasteiger partial charge in [-0.15, -0.1) is 0 Å². The number of ether oxygens (including phenoxy) is 2. The zero-order valence-electron chi connectivity index (χ0n) is 7.64. The van der Waals surface area contributed by atoms with Crippen molar-refractivity contribution < 1.29 is 14.3 Å². The fourth-order valence-corrected chi connectivity index (χ4v) is 1.21. The topological polar surface area (TPSA) is 35.5 Å². The highest BCUT2D eigenvalue weighted by Gasteiger charge is 2.10. The predicted octanol–water partition coefficient (Wildman–Crippen LogP) is 2.93. The van der Waals surface area contributed by atoms with Crippen molar-refractivity contribution in [3.63, 3.8) is 0 Å². The van der Waals surface area contributed by atoms with Crippen LogP contribution >= 0.6 is 23.2 Å². The zero-order chi connectivity index (χ0) is 10.7. The Kier molecular flexibility index (Phi) is 3.61. The molecule has 0 aliphatic heterocycles. The van der Waals surface area contributed by atoms with E-state index in [0.29, 0.717) is 15.8 Å². The van der Waals surface area contributed by atoms with Crippen molar-refractivity contribution in [2.24, 2.45) is 0 Å². The van der Waals surface area contributed by atoms with Crippen molar-refractivity contribution in [3.8, 4) is 11.5 Å². The molecule has 0 N–H and O–H groups in total. The van der Waals surface area contributed by atoms with E-state index in [1.165, 1.54) is 26.2 Å². The average molecular weight is 235 g/mol. The maximum absolute atomic E-state index is 10.7. The first-order valence-electron chi connectivity index (χ1n) is 3.76. The van der Waals surface area contributed by atoms with Gasteiger partial charge in [-0.05, 0) is 0 Å². The zero-order valence-corrected chi connectivity index (χ0v) is 9.15. The monoisotopic (exact) mass is 234 g/mol.